The lowest BCUT2D eigenvalue weighted by molar-refractivity contribution is 0.656. The zero-order chi connectivity index (χ0) is 33.5. The Bertz CT molecular complexity index is 3150. The zero-order valence-electron chi connectivity index (χ0n) is 27.0. The molecule has 51 heavy (non-hydrogen) atoms. The number of hydrogen-bond acceptors (Lipinski definition) is 6. The molecule has 0 bridgehead atoms. The molecular weight excluding hydrogens is 631 g/mol. The SMILES string of the molecule is c1ccc(-c2nc(-c3cccc(-c4ccc5c(c4)oc4cc6oc7ccccc7c6cc45)c3)nc(-c3cccc4oc5ccccc5c34)n2)cc1. The lowest BCUT2D eigenvalue weighted by Gasteiger charge is -2.10. The third kappa shape index (κ3) is 4.40. The third-order valence-electron chi connectivity index (χ3n) is 9.74. The van der Waals surface area contributed by atoms with Gasteiger partial charge in [-0.3, -0.25) is 0 Å². The maximum absolute atomic E-state index is 6.42. The number of aromatic nitrogens is 3. The Morgan fingerprint density at radius 1 is 0.294 bits per heavy atom. The summed E-state index contributed by atoms with van der Waals surface area (Å²) in [5.41, 5.74) is 9.69. The molecule has 0 amide bonds. The molecule has 4 heterocycles. The van der Waals surface area contributed by atoms with Crippen LogP contribution < -0.4 is 0 Å². The van der Waals surface area contributed by atoms with Crippen molar-refractivity contribution in [3.63, 3.8) is 0 Å². The number of furan rings is 3. The maximum Gasteiger partial charge on any atom is 0.164 e. The summed E-state index contributed by atoms with van der Waals surface area (Å²) in [5.74, 6) is 1.78. The molecule has 0 saturated heterocycles. The van der Waals surface area contributed by atoms with Crippen molar-refractivity contribution in [2.75, 3.05) is 0 Å². The predicted molar refractivity (Wildman–Crippen MR) is 203 cm³/mol. The van der Waals surface area contributed by atoms with E-state index in [1.54, 1.807) is 0 Å². The minimum Gasteiger partial charge on any atom is -0.456 e. The summed E-state index contributed by atoms with van der Waals surface area (Å²) < 4.78 is 18.8. The van der Waals surface area contributed by atoms with E-state index < -0.39 is 0 Å². The van der Waals surface area contributed by atoms with Crippen molar-refractivity contribution in [1.29, 1.82) is 0 Å². The van der Waals surface area contributed by atoms with Crippen LogP contribution in [0.25, 0.3) is 111 Å². The zero-order valence-corrected chi connectivity index (χ0v) is 27.0. The van der Waals surface area contributed by atoms with Crippen LogP contribution in [-0.4, -0.2) is 15.0 Å². The Kier molecular flexibility index (Phi) is 5.86. The second-order valence-electron chi connectivity index (χ2n) is 12.8. The van der Waals surface area contributed by atoms with Crippen LogP contribution in [0.15, 0.2) is 165 Å². The van der Waals surface area contributed by atoms with Crippen LogP contribution in [-0.2, 0) is 0 Å². The minimum absolute atomic E-state index is 0.587. The standard InChI is InChI=1S/C45H25N3O3/c1-2-10-26(11-3-1)43-46-44(48-45(47-43)33-16-9-19-38-42(33)32-15-5-7-18-37(32)49-38)29-13-8-12-27(22-29)28-20-21-31-35-24-34-30-14-4-6-17-36(30)50-40(34)25-41(35)51-39(31)23-28/h1-25H. The van der Waals surface area contributed by atoms with Crippen molar-refractivity contribution >= 4 is 65.8 Å². The van der Waals surface area contributed by atoms with Gasteiger partial charge in [0, 0.05) is 55.1 Å². The highest BCUT2D eigenvalue weighted by atomic mass is 16.3. The molecule has 0 fully saturated rings. The molecular formula is C45H25N3O3. The van der Waals surface area contributed by atoms with E-state index in [9.17, 15) is 0 Å². The van der Waals surface area contributed by atoms with Gasteiger partial charge in [-0.05, 0) is 53.6 Å². The van der Waals surface area contributed by atoms with E-state index in [1.807, 2.05) is 97.1 Å². The van der Waals surface area contributed by atoms with Gasteiger partial charge in [-0.2, -0.15) is 0 Å². The summed E-state index contributed by atoms with van der Waals surface area (Å²) in [4.78, 5) is 15.1. The Balaban J connectivity index is 1.05. The number of hydrogen-bond donors (Lipinski definition) is 0. The van der Waals surface area contributed by atoms with Gasteiger partial charge >= 0.3 is 0 Å². The van der Waals surface area contributed by atoms with Crippen molar-refractivity contribution in [1.82, 2.24) is 15.0 Å². The molecule has 6 nitrogen and oxygen atoms in total. The Hall–Kier alpha value is -7.05. The van der Waals surface area contributed by atoms with Crippen LogP contribution >= 0.6 is 0 Å². The fourth-order valence-electron chi connectivity index (χ4n) is 7.32. The van der Waals surface area contributed by atoms with Gasteiger partial charge in [0.25, 0.3) is 0 Å². The normalized spacial score (nSPS) is 11.9. The summed E-state index contributed by atoms with van der Waals surface area (Å²) in [6.45, 7) is 0. The first-order valence-electron chi connectivity index (χ1n) is 16.8. The van der Waals surface area contributed by atoms with E-state index >= 15 is 0 Å². The number of benzene rings is 7. The highest BCUT2D eigenvalue weighted by Gasteiger charge is 2.19. The fraction of sp³-hybridized carbons (Fsp3) is 0. The molecule has 0 unspecified atom stereocenters. The molecule has 7 aromatic carbocycles. The van der Waals surface area contributed by atoms with Crippen LogP contribution in [0.2, 0.25) is 0 Å². The van der Waals surface area contributed by atoms with Gasteiger partial charge in [-0.1, -0.05) is 103 Å². The van der Waals surface area contributed by atoms with Crippen LogP contribution in [0.1, 0.15) is 0 Å². The first kappa shape index (κ1) is 27.9. The van der Waals surface area contributed by atoms with E-state index in [2.05, 4.69) is 54.6 Å². The highest BCUT2D eigenvalue weighted by molar-refractivity contribution is 6.15. The minimum atomic E-state index is 0.587. The quantitative estimate of drug-likeness (QED) is 0.188. The number of rotatable bonds is 4. The second kappa shape index (κ2) is 10.7. The summed E-state index contributed by atoms with van der Waals surface area (Å²) >= 11 is 0. The maximum atomic E-state index is 6.42. The van der Waals surface area contributed by atoms with E-state index in [4.69, 9.17) is 28.2 Å². The first-order chi connectivity index (χ1) is 25.2. The van der Waals surface area contributed by atoms with Gasteiger partial charge < -0.3 is 13.3 Å². The molecule has 0 atom stereocenters. The van der Waals surface area contributed by atoms with Gasteiger partial charge in [0.15, 0.2) is 17.5 Å². The molecule has 0 radical (unpaired) electrons. The summed E-state index contributed by atoms with van der Waals surface area (Å²) in [7, 11) is 0. The van der Waals surface area contributed by atoms with Crippen LogP contribution in [0.4, 0.5) is 0 Å². The average molecular weight is 656 g/mol. The summed E-state index contributed by atoms with van der Waals surface area (Å²) in [5, 5.41) is 6.32. The molecule has 0 spiro atoms. The molecule has 0 aliphatic carbocycles. The fourth-order valence-corrected chi connectivity index (χ4v) is 7.32. The second-order valence-corrected chi connectivity index (χ2v) is 12.8. The molecule has 11 rings (SSSR count). The lowest BCUT2D eigenvalue weighted by Crippen LogP contribution is -2.00. The summed E-state index contributed by atoms with van der Waals surface area (Å²) in [6.07, 6.45) is 0. The van der Waals surface area contributed by atoms with Gasteiger partial charge in [0.2, 0.25) is 0 Å². The molecule has 4 aromatic heterocycles. The van der Waals surface area contributed by atoms with Crippen LogP contribution in [0, 0.1) is 0 Å². The molecule has 11 aromatic rings. The molecule has 0 saturated carbocycles. The monoisotopic (exact) mass is 655 g/mol. The van der Waals surface area contributed by atoms with Gasteiger partial charge in [0.1, 0.15) is 33.5 Å². The van der Waals surface area contributed by atoms with Crippen LogP contribution in [0.5, 0.6) is 0 Å². The van der Waals surface area contributed by atoms with Crippen molar-refractivity contribution in [3.05, 3.63) is 152 Å². The van der Waals surface area contributed by atoms with E-state index in [0.717, 1.165) is 93.6 Å². The van der Waals surface area contributed by atoms with E-state index in [-0.39, 0.29) is 0 Å². The summed E-state index contributed by atoms with van der Waals surface area (Å²) in [6, 6.07) is 51.1. The van der Waals surface area contributed by atoms with Crippen LogP contribution in [0.3, 0.4) is 0 Å². The molecule has 0 aliphatic rings. The average Bonchev–Trinajstić information content (AvgIpc) is 3.87. The largest absolute Gasteiger partial charge is 0.456 e. The third-order valence-corrected chi connectivity index (χ3v) is 9.74. The van der Waals surface area contributed by atoms with Gasteiger partial charge in [-0.15, -0.1) is 0 Å². The number of para-hydroxylation sites is 2. The Labute approximate surface area is 290 Å². The van der Waals surface area contributed by atoms with Crippen molar-refractivity contribution in [2.24, 2.45) is 0 Å². The van der Waals surface area contributed by atoms with Crippen molar-refractivity contribution in [2.45, 2.75) is 0 Å². The Morgan fingerprint density at radius 2 is 0.843 bits per heavy atom. The van der Waals surface area contributed by atoms with E-state index in [0.29, 0.717) is 17.5 Å². The predicted octanol–water partition coefficient (Wildman–Crippen LogP) is 12.2. The molecule has 0 aliphatic heterocycles. The molecule has 6 heteroatoms. The smallest absolute Gasteiger partial charge is 0.164 e. The highest BCUT2D eigenvalue weighted by Crippen LogP contribution is 2.39. The Morgan fingerprint density at radius 3 is 1.69 bits per heavy atom. The van der Waals surface area contributed by atoms with Crippen molar-refractivity contribution < 1.29 is 13.3 Å². The lowest BCUT2D eigenvalue weighted by atomic mass is 10.0. The van der Waals surface area contributed by atoms with Gasteiger partial charge in [-0.25, -0.2) is 15.0 Å². The topological polar surface area (TPSA) is 78.1 Å². The number of fused-ring (bicyclic) bond motifs is 9. The first-order valence-corrected chi connectivity index (χ1v) is 16.8. The molecule has 0 N–H and O–H groups in total. The van der Waals surface area contributed by atoms with E-state index in [1.165, 1.54) is 0 Å². The number of nitrogens with zero attached hydrogens (tertiary/aromatic N) is 3. The van der Waals surface area contributed by atoms with Crippen molar-refractivity contribution in [3.8, 4) is 45.3 Å². The van der Waals surface area contributed by atoms with Gasteiger partial charge in [0.05, 0.1) is 0 Å². The molecule has 238 valence electrons.